The van der Waals surface area contributed by atoms with Crippen LogP contribution in [0.4, 0.5) is 5.82 Å². The van der Waals surface area contributed by atoms with Crippen LogP contribution in [0, 0.1) is 5.92 Å². The largest absolute Gasteiger partial charge is 0.481 e. The van der Waals surface area contributed by atoms with Crippen molar-refractivity contribution in [1.29, 1.82) is 0 Å². The van der Waals surface area contributed by atoms with E-state index >= 15 is 0 Å². The van der Waals surface area contributed by atoms with Crippen LogP contribution in [0.1, 0.15) is 6.42 Å². The van der Waals surface area contributed by atoms with Crippen LogP contribution >= 0.6 is 0 Å². The third-order valence-corrected chi connectivity index (χ3v) is 2.25. The number of hydrogen-bond donors (Lipinski definition) is 2. The van der Waals surface area contributed by atoms with Crippen molar-refractivity contribution in [3.05, 3.63) is 12.3 Å². The monoisotopic (exact) mass is 195 g/mol. The van der Waals surface area contributed by atoms with E-state index in [2.05, 4.69) is 10.2 Å². The third kappa shape index (κ3) is 1.34. The first-order chi connectivity index (χ1) is 6.68. The van der Waals surface area contributed by atoms with Crippen molar-refractivity contribution in [2.45, 2.75) is 6.42 Å². The number of rotatable bonds is 2. The van der Waals surface area contributed by atoms with Gasteiger partial charge >= 0.3 is 5.97 Å². The number of carboxylic acid groups (broad SMARTS) is 1. The second-order valence-electron chi connectivity index (χ2n) is 3.19. The molecule has 0 unspecified atom stereocenters. The Bertz CT molecular complexity index is 360. The number of nitrogens with zero attached hydrogens (tertiary/aromatic N) is 2. The second kappa shape index (κ2) is 3.13. The molecule has 1 fully saturated rings. The lowest BCUT2D eigenvalue weighted by Gasteiger charge is -2.12. The normalized spacial score (nSPS) is 21.6. The highest BCUT2D eigenvalue weighted by Gasteiger charge is 2.35. The smallest absolute Gasteiger partial charge is 0.308 e. The Balaban J connectivity index is 2.16. The van der Waals surface area contributed by atoms with E-state index in [0.29, 0.717) is 5.82 Å². The molecule has 6 nitrogen and oxygen atoms in total. The molecule has 1 aromatic rings. The molecular formula is C8H9N3O3. The number of nitrogens with one attached hydrogen (secondary N) is 1. The number of carbonyl (C=O) groups is 2. The zero-order valence-corrected chi connectivity index (χ0v) is 7.30. The van der Waals surface area contributed by atoms with Gasteiger partial charge < -0.3 is 5.11 Å². The molecule has 0 radical (unpaired) electrons. The minimum atomic E-state index is -0.930. The lowest BCUT2D eigenvalue weighted by molar-refractivity contribution is -0.141. The van der Waals surface area contributed by atoms with Crippen LogP contribution in [0.15, 0.2) is 12.3 Å². The quantitative estimate of drug-likeness (QED) is 0.686. The molecule has 1 aliphatic heterocycles. The van der Waals surface area contributed by atoms with Gasteiger partial charge in [0.1, 0.15) is 5.82 Å². The molecule has 6 heteroatoms. The van der Waals surface area contributed by atoms with Gasteiger partial charge in [0.05, 0.1) is 12.1 Å². The number of aliphatic carboxylic acids is 1. The van der Waals surface area contributed by atoms with E-state index in [1.807, 2.05) is 0 Å². The first kappa shape index (κ1) is 8.74. The highest BCUT2D eigenvalue weighted by molar-refractivity contribution is 5.98. The average molecular weight is 195 g/mol. The first-order valence-electron chi connectivity index (χ1n) is 4.21. The highest BCUT2D eigenvalue weighted by Crippen LogP contribution is 2.22. The van der Waals surface area contributed by atoms with Gasteiger partial charge in [-0.1, -0.05) is 0 Å². The molecule has 1 atom stereocenters. The number of hydrogen-bond acceptors (Lipinski definition) is 3. The SMILES string of the molecule is O=C(O)[C@@H]1CC(=O)N(c2ccn[nH]2)C1. The van der Waals surface area contributed by atoms with Gasteiger partial charge in [-0.2, -0.15) is 5.10 Å². The van der Waals surface area contributed by atoms with Gasteiger partial charge in [-0.25, -0.2) is 0 Å². The molecule has 1 amide bonds. The van der Waals surface area contributed by atoms with E-state index in [0.717, 1.165) is 0 Å². The van der Waals surface area contributed by atoms with Crippen molar-refractivity contribution < 1.29 is 14.7 Å². The summed E-state index contributed by atoms with van der Waals surface area (Å²) in [6, 6.07) is 1.64. The van der Waals surface area contributed by atoms with Crippen molar-refractivity contribution in [1.82, 2.24) is 10.2 Å². The van der Waals surface area contributed by atoms with Crippen LogP contribution in [0.3, 0.4) is 0 Å². The highest BCUT2D eigenvalue weighted by atomic mass is 16.4. The summed E-state index contributed by atoms with van der Waals surface area (Å²) in [5, 5.41) is 15.1. The summed E-state index contributed by atoms with van der Waals surface area (Å²) in [4.78, 5) is 23.5. The van der Waals surface area contributed by atoms with Gasteiger partial charge in [-0.05, 0) is 0 Å². The molecule has 0 spiro atoms. The fourth-order valence-electron chi connectivity index (χ4n) is 1.50. The van der Waals surface area contributed by atoms with Gasteiger partial charge in [0, 0.05) is 19.0 Å². The average Bonchev–Trinajstić information content (AvgIpc) is 2.71. The Morgan fingerprint density at radius 1 is 1.71 bits per heavy atom. The molecule has 14 heavy (non-hydrogen) atoms. The number of carboxylic acids is 1. The molecule has 74 valence electrons. The fraction of sp³-hybridized carbons (Fsp3) is 0.375. The molecule has 1 saturated heterocycles. The van der Waals surface area contributed by atoms with E-state index in [4.69, 9.17) is 5.11 Å². The van der Waals surface area contributed by atoms with Crippen molar-refractivity contribution in [2.75, 3.05) is 11.4 Å². The second-order valence-corrected chi connectivity index (χ2v) is 3.19. The predicted molar refractivity (Wildman–Crippen MR) is 46.7 cm³/mol. The van der Waals surface area contributed by atoms with Gasteiger partial charge in [0.2, 0.25) is 5.91 Å². The van der Waals surface area contributed by atoms with Gasteiger partial charge in [0.25, 0.3) is 0 Å². The molecule has 2 heterocycles. The van der Waals surface area contributed by atoms with Crippen LogP contribution in [0.25, 0.3) is 0 Å². The Labute approximate surface area is 79.5 Å². The van der Waals surface area contributed by atoms with Gasteiger partial charge in [0.15, 0.2) is 0 Å². The summed E-state index contributed by atoms with van der Waals surface area (Å²) < 4.78 is 0. The lowest BCUT2D eigenvalue weighted by Crippen LogP contribution is -2.26. The minimum absolute atomic E-state index is 0.0638. The van der Waals surface area contributed by atoms with Crippen LogP contribution < -0.4 is 4.90 Å². The van der Waals surface area contributed by atoms with Crippen molar-refractivity contribution in [3.63, 3.8) is 0 Å². The number of amides is 1. The van der Waals surface area contributed by atoms with Crippen LogP contribution in [0.2, 0.25) is 0 Å². The third-order valence-electron chi connectivity index (χ3n) is 2.25. The predicted octanol–water partition coefficient (Wildman–Crippen LogP) is -0.153. The maximum absolute atomic E-state index is 11.4. The topological polar surface area (TPSA) is 86.3 Å². The number of H-pyrrole nitrogens is 1. The molecule has 1 aliphatic rings. The summed E-state index contributed by atoms with van der Waals surface area (Å²) in [7, 11) is 0. The zero-order chi connectivity index (χ0) is 10.1. The van der Waals surface area contributed by atoms with Crippen LogP contribution in [-0.4, -0.2) is 33.7 Å². The Hall–Kier alpha value is -1.85. The minimum Gasteiger partial charge on any atom is -0.481 e. The van der Waals surface area contributed by atoms with E-state index in [1.54, 1.807) is 6.07 Å². The molecule has 0 saturated carbocycles. The summed E-state index contributed by atoms with van der Waals surface area (Å²) in [6.45, 7) is 0.219. The van der Waals surface area contributed by atoms with Crippen molar-refractivity contribution >= 4 is 17.7 Å². The molecule has 0 bridgehead atoms. The van der Waals surface area contributed by atoms with Crippen molar-refractivity contribution in [2.24, 2.45) is 5.92 Å². The summed E-state index contributed by atoms with van der Waals surface area (Å²) in [5.41, 5.74) is 0. The molecule has 1 aromatic heterocycles. The summed E-state index contributed by atoms with van der Waals surface area (Å²) >= 11 is 0. The van der Waals surface area contributed by atoms with Gasteiger partial charge in [-0.15, -0.1) is 0 Å². The van der Waals surface area contributed by atoms with E-state index in [9.17, 15) is 9.59 Å². The molecular weight excluding hydrogens is 186 g/mol. The maximum Gasteiger partial charge on any atom is 0.308 e. The van der Waals surface area contributed by atoms with Crippen molar-refractivity contribution in [3.8, 4) is 0 Å². The Kier molecular flexibility index (Phi) is 1.95. The van der Waals surface area contributed by atoms with Gasteiger partial charge in [-0.3, -0.25) is 19.6 Å². The number of anilines is 1. The molecule has 2 N–H and O–H groups in total. The zero-order valence-electron chi connectivity index (χ0n) is 7.30. The van der Waals surface area contributed by atoms with E-state index in [-0.39, 0.29) is 18.9 Å². The maximum atomic E-state index is 11.4. The lowest BCUT2D eigenvalue weighted by atomic mass is 10.1. The number of carbonyl (C=O) groups excluding carboxylic acids is 1. The standard InChI is InChI=1S/C8H9N3O3/c12-7-3-5(8(13)14)4-11(7)6-1-2-9-10-6/h1-2,5H,3-4H2,(H,9,10)(H,13,14)/t5-/m1/s1. The molecule has 2 rings (SSSR count). The summed E-state index contributed by atoms with van der Waals surface area (Å²) in [6.07, 6.45) is 1.59. The summed E-state index contributed by atoms with van der Waals surface area (Å²) in [5.74, 6) is -1.16. The molecule has 0 aliphatic carbocycles. The van der Waals surface area contributed by atoms with Crippen LogP contribution in [0.5, 0.6) is 0 Å². The fourth-order valence-corrected chi connectivity index (χ4v) is 1.50. The van der Waals surface area contributed by atoms with Crippen LogP contribution in [-0.2, 0) is 9.59 Å². The number of aromatic amines is 1. The molecule has 0 aromatic carbocycles. The Morgan fingerprint density at radius 2 is 2.50 bits per heavy atom. The van der Waals surface area contributed by atoms with E-state index < -0.39 is 11.9 Å². The Morgan fingerprint density at radius 3 is 3.00 bits per heavy atom. The number of aromatic nitrogens is 2. The first-order valence-corrected chi connectivity index (χ1v) is 4.21. The van der Waals surface area contributed by atoms with E-state index in [1.165, 1.54) is 11.1 Å².